The van der Waals surface area contributed by atoms with Crippen molar-refractivity contribution < 1.29 is 4.79 Å². The molecule has 1 heterocycles. The van der Waals surface area contributed by atoms with Gasteiger partial charge in [0, 0.05) is 31.4 Å². The van der Waals surface area contributed by atoms with Crippen LogP contribution >= 0.6 is 0 Å². The third-order valence-electron chi connectivity index (χ3n) is 3.14. The van der Waals surface area contributed by atoms with Crippen LogP contribution in [0.2, 0.25) is 0 Å². The summed E-state index contributed by atoms with van der Waals surface area (Å²) in [6.45, 7) is 2.29. The number of hydrogen-bond acceptors (Lipinski definition) is 3. The van der Waals surface area contributed by atoms with Crippen LogP contribution in [0.5, 0.6) is 0 Å². The van der Waals surface area contributed by atoms with Crippen LogP contribution in [-0.4, -0.2) is 32.6 Å². The second-order valence-electron chi connectivity index (χ2n) is 4.41. The number of amides is 1. The molecule has 4 nitrogen and oxygen atoms in total. The van der Waals surface area contributed by atoms with E-state index in [1.165, 1.54) is 11.3 Å². The van der Waals surface area contributed by atoms with Crippen molar-refractivity contribution in [1.82, 2.24) is 5.32 Å². The van der Waals surface area contributed by atoms with E-state index in [4.69, 9.17) is 5.73 Å². The lowest BCUT2D eigenvalue weighted by atomic mass is 10.1. The molecule has 0 spiro atoms. The lowest BCUT2D eigenvalue weighted by Crippen LogP contribution is -2.26. The Morgan fingerprint density at radius 3 is 3.12 bits per heavy atom. The topological polar surface area (TPSA) is 58.4 Å². The summed E-state index contributed by atoms with van der Waals surface area (Å²) in [5, 5.41) is 2.87. The Hall–Kier alpha value is -1.55. The lowest BCUT2D eigenvalue weighted by molar-refractivity contribution is 0.0953. The highest BCUT2D eigenvalue weighted by Gasteiger charge is 2.17. The van der Waals surface area contributed by atoms with Gasteiger partial charge in [-0.1, -0.05) is 0 Å². The fourth-order valence-corrected chi connectivity index (χ4v) is 2.11. The molecule has 0 saturated heterocycles. The first-order chi connectivity index (χ1) is 8.22. The molecule has 1 aromatic carbocycles. The number of likely N-dealkylation sites (N-methyl/N-ethyl adjacent to an activating group) is 1. The van der Waals surface area contributed by atoms with Crippen molar-refractivity contribution in [3.05, 3.63) is 29.3 Å². The summed E-state index contributed by atoms with van der Waals surface area (Å²) in [6, 6.07) is 5.91. The van der Waals surface area contributed by atoms with Crippen molar-refractivity contribution in [1.29, 1.82) is 0 Å². The predicted octanol–water partition coefficient (Wildman–Crippen LogP) is 0.758. The number of fused-ring (bicyclic) bond motifs is 1. The molecule has 1 aromatic rings. The molecule has 0 saturated carbocycles. The van der Waals surface area contributed by atoms with Crippen molar-refractivity contribution in [3.8, 4) is 0 Å². The Morgan fingerprint density at radius 1 is 1.53 bits per heavy atom. The minimum absolute atomic E-state index is 0.00389. The Morgan fingerprint density at radius 2 is 2.35 bits per heavy atom. The number of carbonyl (C=O) groups excluding carboxylic acids is 1. The largest absolute Gasteiger partial charge is 0.374 e. The van der Waals surface area contributed by atoms with Gasteiger partial charge in [-0.3, -0.25) is 4.79 Å². The van der Waals surface area contributed by atoms with E-state index in [0.29, 0.717) is 13.1 Å². The molecule has 0 unspecified atom stereocenters. The minimum atomic E-state index is -0.00389. The maximum Gasteiger partial charge on any atom is 0.251 e. The zero-order valence-electron chi connectivity index (χ0n) is 10.2. The highest BCUT2D eigenvalue weighted by Crippen LogP contribution is 2.27. The summed E-state index contributed by atoms with van der Waals surface area (Å²) < 4.78 is 0. The molecule has 0 radical (unpaired) electrons. The van der Waals surface area contributed by atoms with Crippen LogP contribution in [0.4, 0.5) is 5.69 Å². The molecule has 1 amide bonds. The van der Waals surface area contributed by atoms with Crippen molar-refractivity contribution in [2.75, 3.05) is 31.6 Å². The summed E-state index contributed by atoms with van der Waals surface area (Å²) in [5.41, 5.74) is 8.63. The lowest BCUT2D eigenvalue weighted by Gasteiger charge is -2.12. The zero-order chi connectivity index (χ0) is 12.3. The van der Waals surface area contributed by atoms with Gasteiger partial charge in [0.25, 0.3) is 5.91 Å². The van der Waals surface area contributed by atoms with Crippen LogP contribution in [0, 0.1) is 0 Å². The number of benzene rings is 1. The SMILES string of the molecule is CN1CCc2cc(C(=O)NCCCN)ccc21. The van der Waals surface area contributed by atoms with Crippen LogP contribution in [0.1, 0.15) is 22.3 Å². The molecule has 0 aliphatic carbocycles. The van der Waals surface area contributed by atoms with Gasteiger partial charge in [-0.2, -0.15) is 0 Å². The highest BCUT2D eigenvalue weighted by molar-refractivity contribution is 5.95. The Kier molecular flexibility index (Phi) is 3.64. The summed E-state index contributed by atoms with van der Waals surface area (Å²) in [5.74, 6) is -0.00389. The van der Waals surface area contributed by atoms with E-state index in [-0.39, 0.29) is 5.91 Å². The average Bonchev–Trinajstić information content (AvgIpc) is 2.71. The first kappa shape index (κ1) is 11.9. The molecule has 0 atom stereocenters. The summed E-state index contributed by atoms with van der Waals surface area (Å²) >= 11 is 0. The number of rotatable bonds is 4. The Labute approximate surface area is 102 Å². The quantitative estimate of drug-likeness (QED) is 0.755. The fourth-order valence-electron chi connectivity index (χ4n) is 2.11. The number of carbonyl (C=O) groups is 1. The molecule has 0 fully saturated rings. The van der Waals surface area contributed by atoms with Gasteiger partial charge in [-0.15, -0.1) is 0 Å². The molecule has 4 heteroatoms. The van der Waals surface area contributed by atoms with E-state index in [9.17, 15) is 4.79 Å². The fraction of sp³-hybridized carbons (Fsp3) is 0.462. The van der Waals surface area contributed by atoms with Crippen LogP contribution < -0.4 is 16.0 Å². The molecule has 0 aromatic heterocycles. The number of nitrogens with two attached hydrogens (primary N) is 1. The second-order valence-corrected chi connectivity index (χ2v) is 4.41. The molecular weight excluding hydrogens is 214 g/mol. The number of hydrogen-bond donors (Lipinski definition) is 2. The van der Waals surface area contributed by atoms with Gasteiger partial charge in [-0.05, 0) is 43.1 Å². The Bertz CT molecular complexity index is 417. The molecule has 1 aliphatic heterocycles. The molecule has 3 N–H and O–H groups in total. The van der Waals surface area contributed by atoms with Crippen molar-refractivity contribution in [3.63, 3.8) is 0 Å². The predicted molar refractivity (Wildman–Crippen MR) is 69.4 cm³/mol. The maximum absolute atomic E-state index is 11.8. The van der Waals surface area contributed by atoms with Gasteiger partial charge in [0.15, 0.2) is 0 Å². The molecule has 92 valence electrons. The van der Waals surface area contributed by atoms with Gasteiger partial charge in [0.1, 0.15) is 0 Å². The third-order valence-corrected chi connectivity index (χ3v) is 3.14. The van der Waals surface area contributed by atoms with E-state index < -0.39 is 0 Å². The maximum atomic E-state index is 11.8. The van der Waals surface area contributed by atoms with Gasteiger partial charge in [-0.25, -0.2) is 0 Å². The van der Waals surface area contributed by atoms with E-state index in [1.54, 1.807) is 0 Å². The first-order valence-corrected chi connectivity index (χ1v) is 6.04. The average molecular weight is 233 g/mol. The van der Waals surface area contributed by atoms with Gasteiger partial charge < -0.3 is 16.0 Å². The van der Waals surface area contributed by atoms with Crippen molar-refractivity contribution in [2.45, 2.75) is 12.8 Å². The molecule has 2 rings (SSSR count). The minimum Gasteiger partial charge on any atom is -0.374 e. The van der Waals surface area contributed by atoms with E-state index in [2.05, 4.69) is 17.3 Å². The molecule has 0 bridgehead atoms. The van der Waals surface area contributed by atoms with Crippen LogP contribution in [-0.2, 0) is 6.42 Å². The van der Waals surface area contributed by atoms with Crippen LogP contribution in [0.25, 0.3) is 0 Å². The van der Waals surface area contributed by atoms with Crippen molar-refractivity contribution in [2.24, 2.45) is 5.73 Å². The monoisotopic (exact) mass is 233 g/mol. The molecule has 1 aliphatic rings. The number of nitrogens with one attached hydrogen (secondary N) is 1. The normalized spacial score (nSPS) is 13.6. The van der Waals surface area contributed by atoms with E-state index in [0.717, 1.165) is 24.9 Å². The molecular formula is C13H19N3O. The summed E-state index contributed by atoms with van der Waals surface area (Å²) in [7, 11) is 2.08. The van der Waals surface area contributed by atoms with E-state index in [1.807, 2.05) is 18.2 Å². The van der Waals surface area contributed by atoms with Gasteiger partial charge >= 0.3 is 0 Å². The summed E-state index contributed by atoms with van der Waals surface area (Å²) in [4.78, 5) is 14.0. The van der Waals surface area contributed by atoms with Gasteiger partial charge in [0.05, 0.1) is 0 Å². The first-order valence-electron chi connectivity index (χ1n) is 6.04. The van der Waals surface area contributed by atoms with E-state index >= 15 is 0 Å². The smallest absolute Gasteiger partial charge is 0.251 e. The highest BCUT2D eigenvalue weighted by atomic mass is 16.1. The standard InChI is InChI=1S/C13H19N3O/c1-16-8-5-10-9-11(3-4-12(10)16)13(17)15-7-2-6-14/h3-4,9H,2,5-8,14H2,1H3,(H,15,17). The van der Waals surface area contributed by atoms with Crippen LogP contribution in [0.3, 0.4) is 0 Å². The number of anilines is 1. The van der Waals surface area contributed by atoms with Crippen LogP contribution in [0.15, 0.2) is 18.2 Å². The molecule has 17 heavy (non-hydrogen) atoms. The Balaban J connectivity index is 2.05. The van der Waals surface area contributed by atoms with Crippen molar-refractivity contribution >= 4 is 11.6 Å². The zero-order valence-corrected chi connectivity index (χ0v) is 10.2. The number of nitrogens with zero attached hydrogens (tertiary/aromatic N) is 1. The summed E-state index contributed by atoms with van der Waals surface area (Å²) in [6.07, 6.45) is 1.84. The second kappa shape index (κ2) is 5.19. The van der Waals surface area contributed by atoms with Gasteiger partial charge in [0.2, 0.25) is 0 Å². The third kappa shape index (κ3) is 2.58.